The molecular weight excluding hydrogens is 360 g/mol. The summed E-state index contributed by atoms with van der Waals surface area (Å²) in [5.41, 5.74) is 3.62. The van der Waals surface area contributed by atoms with Crippen molar-refractivity contribution >= 4 is 17.8 Å². The number of amides is 1. The smallest absolute Gasteiger partial charge is 0.344 e. The van der Waals surface area contributed by atoms with Crippen LogP contribution in [0.15, 0.2) is 59.1 Å². The summed E-state index contributed by atoms with van der Waals surface area (Å²) >= 11 is 0. The molecule has 0 radical (unpaired) electrons. The fourth-order valence-corrected chi connectivity index (χ4v) is 2.40. The summed E-state index contributed by atoms with van der Waals surface area (Å²) in [7, 11) is 0. The molecule has 2 aromatic carbocycles. The van der Waals surface area contributed by atoms with Crippen molar-refractivity contribution in [1.29, 1.82) is 0 Å². The number of benzene rings is 2. The highest BCUT2D eigenvalue weighted by Gasteiger charge is 2.12. The maximum Gasteiger partial charge on any atom is 0.344 e. The van der Waals surface area contributed by atoms with Crippen molar-refractivity contribution in [3.63, 3.8) is 0 Å². The second kappa shape index (κ2) is 8.85. The summed E-state index contributed by atoms with van der Waals surface area (Å²) in [4.78, 5) is 23.6. The highest BCUT2D eigenvalue weighted by molar-refractivity contribution is 5.92. The zero-order valence-corrected chi connectivity index (χ0v) is 15.6. The predicted molar refractivity (Wildman–Crippen MR) is 103 cm³/mol. The van der Waals surface area contributed by atoms with Gasteiger partial charge in [0, 0.05) is 11.6 Å². The molecule has 7 nitrogen and oxygen atoms in total. The average Bonchev–Trinajstić information content (AvgIpc) is 3.14. The highest BCUT2D eigenvalue weighted by Crippen LogP contribution is 2.22. The molecule has 0 saturated carbocycles. The van der Waals surface area contributed by atoms with E-state index in [2.05, 4.69) is 10.5 Å². The van der Waals surface area contributed by atoms with Crippen molar-refractivity contribution in [3.8, 4) is 17.0 Å². The van der Waals surface area contributed by atoms with Crippen molar-refractivity contribution in [1.82, 2.24) is 5.16 Å². The molecule has 144 valence electrons. The lowest BCUT2D eigenvalue weighted by molar-refractivity contribution is -0.149. The van der Waals surface area contributed by atoms with Crippen LogP contribution < -0.4 is 10.1 Å². The van der Waals surface area contributed by atoms with E-state index >= 15 is 0 Å². The van der Waals surface area contributed by atoms with Crippen LogP contribution in [0.3, 0.4) is 0 Å². The molecule has 0 unspecified atom stereocenters. The Labute approximate surface area is 162 Å². The van der Waals surface area contributed by atoms with Gasteiger partial charge in [0.25, 0.3) is 5.91 Å². The van der Waals surface area contributed by atoms with Crippen LogP contribution in [-0.2, 0) is 14.3 Å². The first kappa shape index (κ1) is 19.2. The van der Waals surface area contributed by atoms with Crippen molar-refractivity contribution in [2.45, 2.75) is 13.8 Å². The van der Waals surface area contributed by atoms with E-state index in [1.807, 2.05) is 50.2 Å². The minimum atomic E-state index is -0.644. The molecule has 7 heteroatoms. The summed E-state index contributed by atoms with van der Waals surface area (Å²) in [6.07, 6.45) is 0. The molecule has 28 heavy (non-hydrogen) atoms. The van der Waals surface area contributed by atoms with E-state index in [4.69, 9.17) is 14.0 Å². The van der Waals surface area contributed by atoms with E-state index in [0.29, 0.717) is 11.4 Å². The number of esters is 1. The molecule has 1 N–H and O–H groups in total. The number of nitrogens with one attached hydrogen (secondary N) is 1. The molecular formula is C21H20N2O5. The van der Waals surface area contributed by atoms with Gasteiger partial charge in [0.05, 0.1) is 0 Å². The first-order valence-corrected chi connectivity index (χ1v) is 8.68. The lowest BCUT2D eigenvalue weighted by atomic mass is 10.1. The Hall–Kier alpha value is -3.61. The van der Waals surface area contributed by atoms with Gasteiger partial charge in [-0.3, -0.25) is 10.1 Å². The summed E-state index contributed by atoms with van der Waals surface area (Å²) < 4.78 is 15.3. The van der Waals surface area contributed by atoms with E-state index < -0.39 is 18.5 Å². The first-order valence-electron chi connectivity index (χ1n) is 8.68. The Morgan fingerprint density at radius 3 is 2.54 bits per heavy atom. The molecule has 0 aliphatic carbocycles. The van der Waals surface area contributed by atoms with Crippen LogP contribution in [0, 0.1) is 13.8 Å². The summed E-state index contributed by atoms with van der Waals surface area (Å²) in [5, 5.41) is 6.41. The molecule has 0 bridgehead atoms. The molecule has 1 amide bonds. The van der Waals surface area contributed by atoms with Crippen LogP contribution in [0.2, 0.25) is 0 Å². The number of anilines is 1. The molecule has 0 spiro atoms. The Morgan fingerprint density at radius 1 is 1.00 bits per heavy atom. The normalized spacial score (nSPS) is 10.4. The van der Waals surface area contributed by atoms with Crippen LogP contribution in [0.5, 0.6) is 5.75 Å². The fourth-order valence-electron chi connectivity index (χ4n) is 2.40. The molecule has 1 aromatic heterocycles. The number of carbonyl (C=O) groups excluding carboxylic acids is 2. The molecule has 1 heterocycles. The van der Waals surface area contributed by atoms with Gasteiger partial charge in [0.2, 0.25) is 5.88 Å². The predicted octanol–water partition coefficient (Wildman–Crippen LogP) is 3.52. The Balaban J connectivity index is 1.44. The molecule has 3 aromatic rings. The minimum absolute atomic E-state index is 0.174. The molecule has 0 saturated heterocycles. The molecule has 0 aliphatic heterocycles. The van der Waals surface area contributed by atoms with Crippen LogP contribution in [0.1, 0.15) is 11.1 Å². The van der Waals surface area contributed by atoms with Gasteiger partial charge in [-0.05, 0) is 31.5 Å². The number of aromatic nitrogens is 1. The zero-order valence-electron chi connectivity index (χ0n) is 15.6. The molecule has 0 fully saturated rings. The van der Waals surface area contributed by atoms with Gasteiger partial charge in [-0.15, -0.1) is 0 Å². The van der Waals surface area contributed by atoms with E-state index in [1.165, 1.54) is 0 Å². The van der Waals surface area contributed by atoms with Crippen LogP contribution in [0.4, 0.5) is 5.88 Å². The second-order valence-electron chi connectivity index (χ2n) is 6.26. The van der Waals surface area contributed by atoms with Gasteiger partial charge >= 0.3 is 5.97 Å². The number of aryl methyl sites for hydroxylation is 2. The number of hydrogen-bond donors (Lipinski definition) is 1. The lowest BCUT2D eigenvalue weighted by Crippen LogP contribution is -2.23. The second-order valence-corrected chi connectivity index (χ2v) is 6.26. The summed E-state index contributed by atoms with van der Waals surface area (Å²) in [6, 6.07) is 16.6. The maximum absolute atomic E-state index is 11.9. The number of carbonyl (C=O) groups is 2. The van der Waals surface area contributed by atoms with Crippen LogP contribution in [-0.4, -0.2) is 30.2 Å². The van der Waals surface area contributed by atoms with Gasteiger partial charge in [-0.2, -0.15) is 0 Å². The Kier molecular flexibility index (Phi) is 6.06. The molecule has 0 aliphatic rings. The Bertz CT molecular complexity index is 963. The maximum atomic E-state index is 11.9. The topological polar surface area (TPSA) is 90.7 Å². The third kappa shape index (κ3) is 5.44. The number of nitrogens with zero attached hydrogens (tertiary/aromatic N) is 1. The van der Waals surface area contributed by atoms with Crippen LogP contribution >= 0.6 is 0 Å². The largest absolute Gasteiger partial charge is 0.482 e. The van der Waals surface area contributed by atoms with Crippen LogP contribution in [0.25, 0.3) is 11.3 Å². The van der Waals surface area contributed by atoms with Gasteiger partial charge in [0.1, 0.15) is 11.4 Å². The van der Waals surface area contributed by atoms with Crippen molar-refractivity contribution < 1.29 is 23.6 Å². The standard InChI is InChI=1S/C21H20N2O5/c1-14-6-8-16(9-7-14)18-11-20(28-23-18)22-19(24)12-27-21(25)13-26-17-5-3-4-15(2)10-17/h3-11H,12-13H2,1-2H3,(H,22,24). The zero-order chi connectivity index (χ0) is 19.9. The van der Waals surface area contributed by atoms with E-state index in [9.17, 15) is 9.59 Å². The number of ether oxygens (including phenoxy) is 2. The Morgan fingerprint density at radius 2 is 1.79 bits per heavy atom. The van der Waals surface area contributed by atoms with Gasteiger partial charge in [-0.25, -0.2) is 4.79 Å². The van der Waals surface area contributed by atoms with E-state index in [1.54, 1.807) is 18.2 Å². The van der Waals surface area contributed by atoms with Crippen molar-refractivity contribution in [2.75, 3.05) is 18.5 Å². The SMILES string of the molecule is Cc1ccc(-c2cc(NC(=O)COC(=O)COc3cccc(C)c3)on2)cc1. The number of rotatable bonds is 7. The monoisotopic (exact) mass is 380 g/mol. The lowest BCUT2D eigenvalue weighted by Gasteiger charge is -2.07. The van der Waals surface area contributed by atoms with Crippen molar-refractivity contribution in [3.05, 3.63) is 65.7 Å². The van der Waals surface area contributed by atoms with E-state index in [0.717, 1.165) is 16.7 Å². The quantitative estimate of drug-likeness (QED) is 0.631. The van der Waals surface area contributed by atoms with Gasteiger partial charge in [-0.1, -0.05) is 47.1 Å². The first-order chi connectivity index (χ1) is 13.5. The highest BCUT2D eigenvalue weighted by atomic mass is 16.6. The van der Waals surface area contributed by atoms with E-state index in [-0.39, 0.29) is 12.5 Å². The average molecular weight is 380 g/mol. The third-order valence-corrected chi connectivity index (χ3v) is 3.83. The summed E-state index contributed by atoms with van der Waals surface area (Å²) in [5.74, 6) is -0.440. The summed E-state index contributed by atoms with van der Waals surface area (Å²) in [6.45, 7) is 3.18. The van der Waals surface area contributed by atoms with Crippen molar-refractivity contribution in [2.24, 2.45) is 0 Å². The fraction of sp³-hybridized carbons (Fsp3) is 0.190. The minimum Gasteiger partial charge on any atom is -0.482 e. The molecule has 3 rings (SSSR count). The van der Waals surface area contributed by atoms with Gasteiger partial charge in [0.15, 0.2) is 13.2 Å². The molecule has 0 atom stereocenters. The third-order valence-electron chi connectivity index (χ3n) is 3.83. The number of hydrogen-bond acceptors (Lipinski definition) is 6. The van der Waals surface area contributed by atoms with Gasteiger partial charge < -0.3 is 14.0 Å².